The van der Waals surface area contributed by atoms with Crippen molar-refractivity contribution in [3.05, 3.63) is 35.7 Å². The molecule has 9 heavy (non-hydrogen) atoms. The predicted octanol–water partition coefficient (Wildman–Crippen LogP) is 1.65. The van der Waals surface area contributed by atoms with Crippen LogP contribution in [0.4, 0.5) is 0 Å². The van der Waals surface area contributed by atoms with Gasteiger partial charge in [-0.15, -0.1) is 0 Å². The summed E-state index contributed by atoms with van der Waals surface area (Å²) in [5.41, 5.74) is 5.35. The molecular formula is C6H8ClNO. The summed E-state index contributed by atoms with van der Waals surface area (Å²) in [6, 6.07) is 0. The van der Waals surface area contributed by atoms with E-state index in [2.05, 4.69) is 13.2 Å². The van der Waals surface area contributed by atoms with Crippen molar-refractivity contribution in [2.45, 2.75) is 0 Å². The highest BCUT2D eigenvalue weighted by molar-refractivity contribution is 6.31. The Hall–Kier alpha value is -0.890. The van der Waals surface area contributed by atoms with Crippen LogP contribution < -0.4 is 5.73 Å². The van der Waals surface area contributed by atoms with Gasteiger partial charge in [0.05, 0.1) is 5.03 Å². The van der Waals surface area contributed by atoms with Gasteiger partial charge in [0, 0.05) is 5.70 Å². The SMILES string of the molecule is C=C(O)/C=C(/Cl)C(=C)N. The van der Waals surface area contributed by atoms with Crippen molar-refractivity contribution < 1.29 is 5.11 Å². The van der Waals surface area contributed by atoms with Crippen LogP contribution in [0.15, 0.2) is 35.7 Å². The van der Waals surface area contributed by atoms with Crippen LogP contribution in [-0.2, 0) is 0 Å². The lowest BCUT2D eigenvalue weighted by Gasteiger charge is -1.93. The molecule has 0 radical (unpaired) electrons. The molecular weight excluding hydrogens is 138 g/mol. The van der Waals surface area contributed by atoms with Crippen LogP contribution in [0.1, 0.15) is 0 Å². The zero-order valence-electron chi connectivity index (χ0n) is 4.89. The van der Waals surface area contributed by atoms with Crippen LogP contribution in [0.25, 0.3) is 0 Å². The van der Waals surface area contributed by atoms with Crippen LogP contribution in [0.2, 0.25) is 0 Å². The Labute approximate surface area is 58.9 Å². The molecule has 2 nitrogen and oxygen atoms in total. The Bertz CT molecular complexity index is 172. The molecule has 0 rings (SSSR count). The maximum Gasteiger partial charge on any atom is 0.109 e. The monoisotopic (exact) mass is 145 g/mol. The fraction of sp³-hybridized carbons (Fsp3) is 0. The fourth-order valence-electron chi connectivity index (χ4n) is 0.239. The minimum atomic E-state index is -0.133. The van der Waals surface area contributed by atoms with Crippen molar-refractivity contribution in [2.75, 3.05) is 0 Å². The van der Waals surface area contributed by atoms with Gasteiger partial charge in [-0.1, -0.05) is 24.8 Å². The van der Waals surface area contributed by atoms with E-state index in [1.54, 1.807) is 0 Å². The number of nitrogens with two attached hydrogens (primary N) is 1. The van der Waals surface area contributed by atoms with E-state index in [9.17, 15) is 0 Å². The first-order chi connectivity index (χ1) is 4.04. The lowest BCUT2D eigenvalue weighted by molar-refractivity contribution is 0.435. The van der Waals surface area contributed by atoms with E-state index in [1.807, 2.05) is 0 Å². The van der Waals surface area contributed by atoms with Crippen LogP contribution in [-0.4, -0.2) is 5.11 Å². The Balaban J connectivity index is 4.17. The molecule has 0 aromatic carbocycles. The van der Waals surface area contributed by atoms with Gasteiger partial charge in [-0.05, 0) is 6.08 Å². The second-order valence-corrected chi connectivity index (χ2v) is 1.92. The highest BCUT2D eigenvalue weighted by Crippen LogP contribution is 2.08. The normalized spacial score (nSPS) is 11.0. The minimum Gasteiger partial charge on any atom is -0.509 e. The maximum absolute atomic E-state index is 8.52. The van der Waals surface area contributed by atoms with E-state index in [4.69, 9.17) is 22.4 Å². The topological polar surface area (TPSA) is 46.2 Å². The zero-order chi connectivity index (χ0) is 7.44. The van der Waals surface area contributed by atoms with Crippen molar-refractivity contribution >= 4 is 11.6 Å². The van der Waals surface area contributed by atoms with Crippen LogP contribution >= 0.6 is 11.6 Å². The molecule has 0 aliphatic carbocycles. The molecule has 50 valence electrons. The van der Waals surface area contributed by atoms with Gasteiger partial charge < -0.3 is 10.8 Å². The molecule has 0 unspecified atom stereocenters. The standard InChI is InChI=1S/C6H8ClNO/c1-4(9)3-6(7)5(2)8/h3,9H,1-2,8H2/b6-3+. The summed E-state index contributed by atoms with van der Waals surface area (Å²) in [6.07, 6.45) is 1.23. The maximum atomic E-state index is 8.52. The number of rotatable bonds is 2. The molecule has 0 aromatic rings. The summed E-state index contributed by atoms with van der Waals surface area (Å²) in [5.74, 6) is -0.133. The Kier molecular flexibility index (Phi) is 2.88. The molecule has 0 heterocycles. The number of allylic oxidation sites excluding steroid dienone is 2. The second-order valence-electron chi connectivity index (χ2n) is 1.51. The number of hydrogen-bond donors (Lipinski definition) is 2. The number of hydrogen-bond acceptors (Lipinski definition) is 2. The van der Waals surface area contributed by atoms with Crippen molar-refractivity contribution in [1.82, 2.24) is 0 Å². The number of aliphatic hydroxyl groups excluding tert-OH is 1. The highest BCUT2D eigenvalue weighted by atomic mass is 35.5. The van der Waals surface area contributed by atoms with Gasteiger partial charge in [0.25, 0.3) is 0 Å². The van der Waals surface area contributed by atoms with Gasteiger partial charge in [-0.25, -0.2) is 0 Å². The van der Waals surface area contributed by atoms with Gasteiger partial charge in [0.2, 0.25) is 0 Å². The van der Waals surface area contributed by atoms with Crippen molar-refractivity contribution in [2.24, 2.45) is 5.73 Å². The molecule has 0 bridgehead atoms. The average molecular weight is 146 g/mol. The van der Waals surface area contributed by atoms with Gasteiger partial charge in [-0.2, -0.15) is 0 Å². The third-order valence-electron chi connectivity index (χ3n) is 0.600. The van der Waals surface area contributed by atoms with Crippen molar-refractivity contribution in [3.63, 3.8) is 0 Å². The van der Waals surface area contributed by atoms with Crippen LogP contribution in [0.5, 0.6) is 0 Å². The first-order valence-corrected chi connectivity index (χ1v) is 2.61. The van der Waals surface area contributed by atoms with E-state index < -0.39 is 0 Å². The lowest BCUT2D eigenvalue weighted by atomic mass is 10.4. The summed E-state index contributed by atoms with van der Waals surface area (Å²) in [5, 5.41) is 8.73. The van der Waals surface area contributed by atoms with Crippen LogP contribution in [0, 0.1) is 0 Å². The molecule has 0 aliphatic heterocycles. The third-order valence-corrected chi connectivity index (χ3v) is 0.952. The summed E-state index contributed by atoms with van der Waals surface area (Å²) in [6.45, 7) is 6.51. The summed E-state index contributed by atoms with van der Waals surface area (Å²) < 4.78 is 0. The second kappa shape index (κ2) is 3.20. The van der Waals surface area contributed by atoms with Gasteiger partial charge in [0.1, 0.15) is 5.76 Å². The molecule has 0 spiro atoms. The molecule has 0 aromatic heterocycles. The highest BCUT2D eigenvalue weighted by Gasteiger charge is 1.91. The molecule has 0 fully saturated rings. The minimum absolute atomic E-state index is 0.133. The van der Waals surface area contributed by atoms with Gasteiger partial charge in [-0.3, -0.25) is 0 Å². The first kappa shape index (κ1) is 8.11. The van der Waals surface area contributed by atoms with E-state index in [1.165, 1.54) is 6.08 Å². The van der Waals surface area contributed by atoms with E-state index in [0.29, 0.717) is 0 Å². The summed E-state index contributed by atoms with van der Waals surface area (Å²) in [4.78, 5) is 0. The molecule has 0 amide bonds. The quantitative estimate of drug-likeness (QED) is 0.459. The molecule has 3 heteroatoms. The summed E-state index contributed by atoms with van der Waals surface area (Å²) >= 11 is 5.43. The smallest absolute Gasteiger partial charge is 0.109 e. The molecule has 0 atom stereocenters. The van der Waals surface area contributed by atoms with E-state index >= 15 is 0 Å². The van der Waals surface area contributed by atoms with Gasteiger partial charge >= 0.3 is 0 Å². The third kappa shape index (κ3) is 3.67. The Morgan fingerprint density at radius 1 is 1.56 bits per heavy atom. The van der Waals surface area contributed by atoms with Crippen molar-refractivity contribution in [1.29, 1.82) is 0 Å². The first-order valence-electron chi connectivity index (χ1n) is 2.24. The molecule has 0 aliphatic rings. The summed E-state index contributed by atoms with van der Waals surface area (Å²) in [7, 11) is 0. The van der Waals surface area contributed by atoms with E-state index in [-0.39, 0.29) is 16.5 Å². The van der Waals surface area contributed by atoms with Gasteiger partial charge in [0.15, 0.2) is 0 Å². The predicted molar refractivity (Wildman–Crippen MR) is 39.0 cm³/mol. The Morgan fingerprint density at radius 3 is 2.11 bits per heavy atom. The molecule has 0 saturated heterocycles. The molecule has 0 saturated carbocycles. The Morgan fingerprint density at radius 2 is 2.00 bits per heavy atom. The average Bonchev–Trinajstić information content (AvgIpc) is 1.63. The lowest BCUT2D eigenvalue weighted by Crippen LogP contribution is -1.93. The fourth-order valence-corrected chi connectivity index (χ4v) is 0.365. The molecule has 3 N–H and O–H groups in total. The number of aliphatic hydroxyl groups is 1. The van der Waals surface area contributed by atoms with Crippen LogP contribution in [0.3, 0.4) is 0 Å². The van der Waals surface area contributed by atoms with Crippen molar-refractivity contribution in [3.8, 4) is 0 Å². The zero-order valence-corrected chi connectivity index (χ0v) is 5.65. The largest absolute Gasteiger partial charge is 0.509 e. The number of halogens is 1. The van der Waals surface area contributed by atoms with E-state index in [0.717, 1.165) is 0 Å².